The van der Waals surface area contributed by atoms with E-state index >= 15 is 0 Å². The minimum absolute atomic E-state index is 0.149. The Morgan fingerprint density at radius 2 is 0.867 bits per heavy atom. The van der Waals surface area contributed by atoms with Gasteiger partial charge in [-0.2, -0.15) is 0 Å². The zero-order valence-electron chi connectivity index (χ0n) is 33.8. The maximum atomic E-state index is 2.49. The van der Waals surface area contributed by atoms with Gasteiger partial charge in [-0.15, -0.1) is 0 Å². The SMILES string of the molecule is CC1(C)c2ccccc2-c2ccc(N(c3ccc(-c4ccccc4)cc3)c3cccc(-c4cc5ccccc5c5ccccc45)c3-c3cccc(-c4ccccc4)c3)cc21. The fraction of sp³-hybridized carbons (Fsp3) is 0.0508. The Morgan fingerprint density at radius 3 is 1.65 bits per heavy atom. The Kier molecular flexibility index (Phi) is 8.57. The van der Waals surface area contributed by atoms with Crippen molar-refractivity contribution in [1.82, 2.24) is 0 Å². The molecule has 11 rings (SSSR count). The van der Waals surface area contributed by atoms with E-state index in [2.05, 4.69) is 243 Å². The summed E-state index contributed by atoms with van der Waals surface area (Å²) in [5.74, 6) is 0. The average Bonchev–Trinajstić information content (AvgIpc) is 3.54. The number of hydrogen-bond donors (Lipinski definition) is 0. The van der Waals surface area contributed by atoms with E-state index in [9.17, 15) is 0 Å². The van der Waals surface area contributed by atoms with Crippen LogP contribution in [0.5, 0.6) is 0 Å². The number of anilines is 3. The van der Waals surface area contributed by atoms with Crippen molar-refractivity contribution in [3.05, 3.63) is 236 Å². The van der Waals surface area contributed by atoms with Crippen molar-refractivity contribution in [2.45, 2.75) is 19.3 Å². The first kappa shape index (κ1) is 35.7. The van der Waals surface area contributed by atoms with Gasteiger partial charge in [-0.05, 0) is 125 Å². The third kappa shape index (κ3) is 5.93. The molecule has 60 heavy (non-hydrogen) atoms. The van der Waals surface area contributed by atoms with Gasteiger partial charge < -0.3 is 4.90 Å². The largest absolute Gasteiger partial charge is 0.310 e. The van der Waals surface area contributed by atoms with Crippen molar-refractivity contribution < 1.29 is 0 Å². The van der Waals surface area contributed by atoms with Crippen molar-refractivity contribution in [1.29, 1.82) is 0 Å². The third-order valence-electron chi connectivity index (χ3n) is 12.7. The molecule has 1 aliphatic rings. The Hall–Kier alpha value is -7.48. The van der Waals surface area contributed by atoms with Crippen LogP contribution in [-0.4, -0.2) is 0 Å². The maximum absolute atomic E-state index is 2.49. The van der Waals surface area contributed by atoms with Crippen LogP contribution in [0.3, 0.4) is 0 Å². The van der Waals surface area contributed by atoms with Gasteiger partial charge in [-0.1, -0.05) is 196 Å². The number of hydrogen-bond acceptors (Lipinski definition) is 1. The third-order valence-corrected chi connectivity index (χ3v) is 12.7. The van der Waals surface area contributed by atoms with Gasteiger partial charge in [0.1, 0.15) is 0 Å². The first-order valence-electron chi connectivity index (χ1n) is 20.9. The molecular weight excluding hydrogens is 723 g/mol. The van der Waals surface area contributed by atoms with Crippen molar-refractivity contribution in [2.24, 2.45) is 0 Å². The van der Waals surface area contributed by atoms with Crippen molar-refractivity contribution >= 4 is 38.6 Å². The molecule has 1 nitrogen and oxygen atoms in total. The van der Waals surface area contributed by atoms with Gasteiger partial charge in [0.15, 0.2) is 0 Å². The topological polar surface area (TPSA) is 3.24 Å². The van der Waals surface area contributed by atoms with Gasteiger partial charge in [0, 0.05) is 22.4 Å². The molecular formula is C59H43N. The van der Waals surface area contributed by atoms with E-state index in [1.54, 1.807) is 0 Å². The van der Waals surface area contributed by atoms with E-state index in [1.165, 1.54) is 88.3 Å². The van der Waals surface area contributed by atoms with E-state index < -0.39 is 0 Å². The van der Waals surface area contributed by atoms with Gasteiger partial charge in [0.05, 0.1) is 5.69 Å². The lowest BCUT2D eigenvalue weighted by atomic mass is 9.82. The Morgan fingerprint density at radius 1 is 0.317 bits per heavy atom. The molecule has 0 saturated carbocycles. The molecule has 284 valence electrons. The van der Waals surface area contributed by atoms with Gasteiger partial charge in [-0.25, -0.2) is 0 Å². The fourth-order valence-corrected chi connectivity index (χ4v) is 9.71. The van der Waals surface area contributed by atoms with Gasteiger partial charge in [0.25, 0.3) is 0 Å². The number of fused-ring (bicyclic) bond motifs is 6. The van der Waals surface area contributed by atoms with E-state index in [4.69, 9.17) is 0 Å². The second kappa shape index (κ2) is 14.4. The molecule has 0 fully saturated rings. The summed E-state index contributed by atoms with van der Waals surface area (Å²) in [6.45, 7) is 4.73. The molecule has 0 N–H and O–H groups in total. The zero-order valence-corrected chi connectivity index (χ0v) is 33.8. The summed E-state index contributed by atoms with van der Waals surface area (Å²) in [4.78, 5) is 2.49. The van der Waals surface area contributed by atoms with Crippen LogP contribution in [-0.2, 0) is 5.41 Å². The smallest absolute Gasteiger partial charge is 0.0546 e. The fourth-order valence-electron chi connectivity index (χ4n) is 9.71. The first-order chi connectivity index (χ1) is 29.5. The molecule has 10 aromatic carbocycles. The molecule has 0 aromatic heterocycles. The average molecular weight is 766 g/mol. The molecule has 0 spiro atoms. The van der Waals surface area contributed by atoms with Crippen LogP contribution in [0.1, 0.15) is 25.0 Å². The lowest BCUT2D eigenvalue weighted by Gasteiger charge is -2.31. The van der Waals surface area contributed by atoms with Gasteiger partial charge in [-0.3, -0.25) is 0 Å². The summed E-state index contributed by atoms with van der Waals surface area (Å²) in [6.07, 6.45) is 0. The summed E-state index contributed by atoms with van der Waals surface area (Å²) in [6, 6.07) is 82.6. The molecule has 0 atom stereocenters. The van der Waals surface area contributed by atoms with Crippen LogP contribution in [0.4, 0.5) is 17.1 Å². The summed E-state index contributed by atoms with van der Waals surface area (Å²) in [5, 5.41) is 5.00. The monoisotopic (exact) mass is 765 g/mol. The predicted octanol–water partition coefficient (Wildman–Crippen LogP) is 16.4. The molecule has 0 aliphatic heterocycles. The summed E-state index contributed by atoms with van der Waals surface area (Å²) < 4.78 is 0. The summed E-state index contributed by atoms with van der Waals surface area (Å²) in [7, 11) is 0. The molecule has 0 radical (unpaired) electrons. The highest BCUT2D eigenvalue weighted by atomic mass is 15.1. The number of benzene rings is 10. The molecule has 0 saturated heterocycles. The van der Waals surface area contributed by atoms with Crippen molar-refractivity contribution in [2.75, 3.05) is 4.90 Å². The maximum Gasteiger partial charge on any atom is 0.0546 e. The molecule has 0 heterocycles. The van der Waals surface area contributed by atoms with Crippen LogP contribution < -0.4 is 4.90 Å². The van der Waals surface area contributed by atoms with Gasteiger partial charge >= 0.3 is 0 Å². The van der Waals surface area contributed by atoms with Crippen molar-refractivity contribution in [3.63, 3.8) is 0 Å². The Balaban J connectivity index is 1.20. The minimum atomic E-state index is -0.149. The molecule has 10 aromatic rings. The Bertz CT molecular complexity index is 3210. The van der Waals surface area contributed by atoms with E-state index in [0.717, 1.165) is 17.1 Å². The van der Waals surface area contributed by atoms with Crippen LogP contribution in [0.2, 0.25) is 0 Å². The summed E-state index contributed by atoms with van der Waals surface area (Å²) in [5.41, 5.74) is 18.1. The zero-order chi connectivity index (χ0) is 40.2. The standard InChI is InChI=1S/C59H43N/c1-59(2)55-29-14-13-27-51(55)52-36-35-47(39-56(52)59)60(46-33-31-42(32-34-46)40-17-5-3-6-18-40)57-30-16-28-53(58(57)45-23-15-22-43(37-45)41-19-7-4-8-20-41)54-38-44-21-9-10-24-48(44)49-25-11-12-26-50(49)54/h3-39H,1-2H3. The van der Waals surface area contributed by atoms with Crippen LogP contribution in [0.15, 0.2) is 224 Å². The number of nitrogens with zero attached hydrogens (tertiary/aromatic N) is 1. The van der Waals surface area contributed by atoms with Crippen LogP contribution in [0, 0.1) is 0 Å². The molecule has 0 bridgehead atoms. The highest BCUT2D eigenvalue weighted by molar-refractivity contribution is 6.15. The van der Waals surface area contributed by atoms with E-state index in [1.807, 2.05) is 0 Å². The van der Waals surface area contributed by atoms with E-state index in [0.29, 0.717) is 0 Å². The van der Waals surface area contributed by atoms with Crippen LogP contribution >= 0.6 is 0 Å². The molecule has 1 heteroatoms. The molecule has 1 aliphatic carbocycles. The Labute approximate surface area is 352 Å². The lowest BCUT2D eigenvalue weighted by Crippen LogP contribution is -2.17. The predicted molar refractivity (Wildman–Crippen MR) is 255 cm³/mol. The van der Waals surface area contributed by atoms with Crippen LogP contribution in [0.25, 0.3) is 77.2 Å². The van der Waals surface area contributed by atoms with Crippen molar-refractivity contribution in [3.8, 4) is 55.6 Å². The minimum Gasteiger partial charge on any atom is -0.310 e. The van der Waals surface area contributed by atoms with Gasteiger partial charge in [0.2, 0.25) is 0 Å². The molecule has 0 unspecified atom stereocenters. The first-order valence-corrected chi connectivity index (χ1v) is 20.9. The quantitative estimate of drug-likeness (QED) is 0.146. The highest BCUT2D eigenvalue weighted by Crippen LogP contribution is 2.53. The normalized spacial score (nSPS) is 12.6. The summed E-state index contributed by atoms with van der Waals surface area (Å²) >= 11 is 0. The number of rotatable bonds is 7. The lowest BCUT2D eigenvalue weighted by molar-refractivity contribution is 0.660. The van der Waals surface area contributed by atoms with E-state index in [-0.39, 0.29) is 5.41 Å². The second-order valence-corrected chi connectivity index (χ2v) is 16.5. The highest BCUT2D eigenvalue weighted by Gasteiger charge is 2.36. The second-order valence-electron chi connectivity index (χ2n) is 16.5. The molecule has 0 amide bonds.